The minimum Gasteiger partial charge on any atom is -0.480 e. The van der Waals surface area contributed by atoms with Crippen LogP contribution < -0.4 is 4.74 Å². The minimum absolute atomic E-state index is 0.0906. The summed E-state index contributed by atoms with van der Waals surface area (Å²) in [5, 5.41) is 8.58. The Kier molecular flexibility index (Phi) is 7.06. The third kappa shape index (κ3) is 5.81. The number of aryl methyl sites for hydroxylation is 1. The highest BCUT2D eigenvalue weighted by atomic mass is 35.5. The fraction of sp³-hybridized carbons (Fsp3) is 0.316. The summed E-state index contributed by atoms with van der Waals surface area (Å²) in [5.74, 6) is -0.434. The summed E-state index contributed by atoms with van der Waals surface area (Å²) in [6.45, 7) is 3.76. The van der Waals surface area contributed by atoms with E-state index in [9.17, 15) is 23.1 Å². The molecule has 0 heterocycles. The molecule has 27 heavy (non-hydrogen) atoms. The fourth-order valence-electron chi connectivity index (χ4n) is 2.31. The molecule has 8 heteroatoms. The molecule has 0 bridgehead atoms. The summed E-state index contributed by atoms with van der Waals surface area (Å²) in [6.07, 6.45) is -3.23. The molecule has 0 aromatic heterocycles. The smallest absolute Gasteiger partial charge is 0.416 e. The van der Waals surface area contributed by atoms with E-state index in [-0.39, 0.29) is 10.8 Å². The van der Waals surface area contributed by atoms with Crippen LogP contribution in [0.25, 0.3) is 0 Å². The Bertz CT molecular complexity index is 824. The van der Waals surface area contributed by atoms with Crippen molar-refractivity contribution in [3.63, 3.8) is 0 Å². The van der Waals surface area contributed by atoms with E-state index in [2.05, 4.69) is 0 Å². The summed E-state index contributed by atoms with van der Waals surface area (Å²) >= 11 is 7.14. The van der Waals surface area contributed by atoms with Crippen LogP contribution >= 0.6 is 23.4 Å². The van der Waals surface area contributed by atoms with Gasteiger partial charge in [0, 0.05) is 4.90 Å². The van der Waals surface area contributed by atoms with Crippen LogP contribution in [0.4, 0.5) is 13.2 Å². The quantitative estimate of drug-likeness (QED) is 0.502. The molecule has 1 unspecified atom stereocenters. The van der Waals surface area contributed by atoms with E-state index in [4.69, 9.17) is 16.3 Å². The summed E-state index contributed by atoms with van der Waals surface area (Å²) in [4.78, 5) is 12.1. The van der Waals surface area contributed by atoms with Gasteiger partial charge in [0.05, 0.1) is 10.6 Å². The zero-order valence-electron chi connectivity index (χ0n) is 14.6. The second-order valence-corrected chi connectivity index (χ2v) is 7.56. The van der Waals surface area contributed by atoms with Crippen LogP contribution in [0.3, 0.4) is 0 Å². The first kappa shape index (κ1) is 21.4. The van der Waals surface area contributed by atoms with Crippen molar-refractivity contribution < 1.29 is 27.8 Å². The van der Waals surface area contributed by atoms with Crippen LogP contribution in [0.15, 0.2) is 41.3 Å². The van der Waals surface area contributed by atoms with E-state index >= 15 is 0 Å². The highest BCUT2D eigenvalue weighted by Crippen LogP contribution is 2.38. The van der Waals surface area contributed by atoms with Crippen LogP contribution in [-0.4, -0.2) is 16.3 Å². The van der Waals surface area contributed by atoms with Gasteiger partial charge in [-0.3, -0.25) is 4.79 Å². The van der Waals surface area contributed by atoms with Crippen molar-refractivity contribution in [1.82, 2.24) is 0 Å². The summed E-state index contributed by atoms with van der Waals surface area (Å²) in [7, 11) is 0. The van der Waals surface area contributed by atoms with Gasteiger partial charge < -0.3 is 9.84 Å². The molecule has 2 aromatic rings. The van der Waals surface area contributed by atoms with Crippen molar-refractivity contribution in [2.75, 3.05) is 0 Å². The van der Waals surface area contributed by atoms with Gasteiger partial charge in [-0.15, -0.1) is 11.8 Å². The molecule has 2 aromatic carbocycles. The van der Waals surface area contributed by atoms with Crippen LogP contribution in [0.1, 0.15) is 30.9 Å². The maximum atomic E-state index is 12.7. The Morgan fingerprint density at radius 3 is 2.52 bits per heavy atom. The number of carbonyl (C=O) groups is 1. The van der Waals surface area contributed by atoms with Crippen molar-refractivity contribution in [3.05, 3.63) is 52.5 Å². The number of rotatable bonds is 7. The Morgan fingerprint density at radius 2 is 1.96 bits per heavy atom. The van der Waals surface area contributed by atoms with E-state index in [1.807, 2.05) is 13.8 Å². The van der Waals surface area contributed by atoms with E-state index < -0.39 is 23.0 Å². The number of alkyl halides is 3. The van der Waals surface area contributed by atoms with Gasteiger partial charge in [0.15, 0.2) is 0 Å². The van der Waals surface area contributed by atoms with Crippen molar-refractivity contribution in [3.8, 4) is 11.5 Å². The number of aliphatic carboxylic acids is 1. The summed E-state index contributed by atoms with van der Waals surface area (Å²) in [5.41, 5.74) is 0.0251. The average molecular weight is 419 g/mol. The molecule has 1 N–H and O–H groups in total. The molecule has 0 spiro atoms. The van der Waals surface area contributed by atoms with E-state index in [1.54, 1.807) is 18.2 Å². The van der Waals surface area contributed by atoms with Gasteiger partial charge in [0.2, 0.25) is 0 Å². The van der Waals surface area contributed by atoms with E-state index in [1.165, 1.54) is 11.8 Å². The molecule has 0 radical (unpaired) electrons. The minimum atomic E-state index is -4.49. The number of carboxylic acid groups (broad SMARTS) is 1. The second kappa shape index (κ2) is 8.89. The number of hydrogen-bond donors (Lipinski definition) is 1. The number of thioether (sulfide) groups is 1. The molecular weight excluding hydrogens is 401 g/mol. The SMILES string of the molecule is CCCC(Sc1cc(Oc2ccc(C(F)(F)F)cc2Cl)ccc1C)C(=O)O. The van der Waals surface area contributed by atoms with E-state index in [0.717, 1.165) is 35.1 Å². The molecule has 0 saturated carbocycles. The van der Waals surface area contributed by atoms with Crippen LogP contribution in [-0.2, 0) is 11.0 Å². The molecule has 0 aliphatic rings. The highest BCUT2D eigenvalue weighted by Gasteiger charge is 2.31. The average Bonchev–Trinajstić information content (AvgIpc) is 2.58. The Hall–Kier alpha value is -1.86. The van der Waals surface area contributed by atoms with Crippen LogP contribution in [0.2, 0.25) is 5.02 Å². The van der Waals surface area contributed by atoms with Gasteiger partial charge in [-0.1, -0.05) is 31.0 Å². The molecule has 0 fully saturated rings. The lowest BCUT2D eigenvalue weighted by molar-refractivity contribution is -0.138. The predicted molar refractivity (Wildman–Crippen MR) is 99.9 cm³/mol. The van der Waals surface area contributed by atoms with E-state index in [0.29, 0.717) is 12.2 Å². The maximum absolute atomic E-state index is 12.7. The van der Waals surface area contributed by atoms with Gasteiger partial charge in [-0.2, -0.15) is 13.2 Å². The van der Waals surface area contributed by atoms with Crippen molar-refractivity contribution >= 4 is 29.3 Å². The highest BCUT2D eigenvalue weighted by molar-refractivity contribution is 8.00. The standard InChI is InChI=1S/C19H18ClF3O3S/c1-3-4-16(18(24)25)27-17-10-13(7-5-11(17)2)26-15-8-6-12(9-14(15)20)19(21,22)23/h5-10,16H,3-4H2,1-2H3,(H,24,25). The molecule has 0 saturated heterocycles. The Balaban J connectivity index is 2.24. The predicted octanol–water partition coefficient (Wildman–Crippen LogP) is 6.80. The topological polar surface area (TPSA) is 46.5 Å². The number of hydrogen-bond acceptors (Lipinski definition) is 3. The molecule has 3 nitrogen and oxygen atoms in total. The van der Waals surface area contributed by atoms with Gasteiger partial charge in [-0.25, -0.2) is 0 Å². The van der Waals surface area contributed by atoms with Gasteiger partial charge in [-0.05, 0) is 49.2 Å². The van der Waals surface area contributed by atoms with Crippen molar-refractivity contribution in [2.45, 2.75) is 43.0 Å². The lowest BCUT2D eigenvalue weighted by Gasteiger charge is -2.15. The monoisotopic (exact) mass is 418 g/mol. The summed E-state index contributed by atoms with van der Waals surface area (Å²) in [6, 6.07) is 7.95. The second-order valence-electron chi connectivity index (χ2n) is 5.91. The van der Waals surface area contributed by atoms with Gasteiger partial charge in [0.1, 0.15) is 16.7 Å². The molecule has 2 rings (SSSR count). The van der Waals surface area contributed by atoms with Gasteiger partial charge in [0.25, 0.3) is 0 Å². The van der Waals surface area contributed by atoms with Crippen LogP contribution in [0, 0.1) is 6.92 Å². The zero-order valence-corrected chi connectivity index (χ0v) is 16.2. The number of carboxylic acids is 1. The van der Waals surface area contributed by atoms with Gasteiger partial charge >= 0.3 is 12.1 Å². The van der Waals surface area contributed by atoms with Crippen LogP contribution in [0.5, 0.6) is 11.5 Å². The summed E-state index contributed by atoms with van der Waals surface area (Å²) < 4.78 is 43.8. The number of benzene rings is 2. The third-order valence-corrected chi connectivity index (χ3v) is 5.45. The largest absolute Gasteiger partial charge is 0.480 e. The molecule has 0 amide bonds. The molecule has 1 atom stereocenters. The lowest BCUT2D eigenvalue weighted by atomic mass is 10.2. The lowest BCUT2D eigenvalue weighted by Crippen LogP contribution is -2.15. The van der Waals surface area contributed by atoms with Crippen molar-refractivity contribution in [2.24, 2.45) is 0 Å². The molecule has 146 valence electrons. The Labute approximate surface area is 164 Å². The number of halogens is 4. The zero-order chi connectivity index (χ0) is 20.2. The normalized spacial score (nSPS) is 12.7. The first-order chi connectivity index (χ1) is 12.6. The van der Waals surface area contributed by atoms with Crippen molar-refractivity contribution in [1.29, 1.82) is 0 Å². The Morgan fingerprint density at radius 1 is 1.26 bits per heavy atom. The fourth-order valence-corrected chi connectivity index (χ4v) is 3.72. The number of ether oxygens (including phenoxy) is 1. The first-order valence-electron chi connectivity index (χ1n) is 8.16. The molecule has 0 aliphatic carbocycles. The first-order valence-corrected chi connectivity index (χ1v) is 9.42. The third-order valence-electron chi connectivity index (χ3n) is 3.74. The molecular formula is C19H18ClF3O3S. The molecule has 0 aliphatic heterocycles. The maximum Gasteiger partial charge on any atom is 0.416 e.